The van der Waals surface area contributed by atoms with Gasteiger partial charge in [-0.2, -0.15) is 0 Å². The Hall–Kier alpha value is 0.337. The Kier molecular flexibility index (Phi) is 11.4. The number of rotatable bonds is 10. The van der Waals surface area contributed by atoms with Gasteiger partial charge in [0.25, 0.3) is 0 Å². The molecule has 0 radical (unpaired) electrons. The predicted octanol–water partition coefficient (Wildman–Crippen LogP) is 3.09. The molecule has 0 saturated heterocycles. The van der Waals surface area contributed by atoms with E-state index < -0.39 is 8.80 Å². The summed E-state index contributed by atoms with van der Waals surface area (Å²) >= 11 is 6.51. The molecule has 0 aliphatic heterocycles. The van der Waals surface area contributed by atoms with Gasteiger partial charge >= 0.3 is 8.80 Å². The highest BCUT2D eigenvalue weighted by molar-refractivity contribution is 8.22. The highest BCUT2D eigenvalue weighted by Crippen LogP contribution is 2.20. The zero-order valence-corrected chi connectivity index (χ0v) is 14.3. The Morgan fingerprint density at radius 2 is 1.56 bits per heavy atom. The maximum atomic E-state index is 5.76. The Morgan fingerprint density at radius 3 is 1.94 bits per heavy atom. The molecular weight excluding hydrogens is 288 g/mol. The molecule has 0 aliphatic carbocycles. The fourth-order valence-corrected chi connectivity index (χ4v) is 5.20. The molecule has 0 unspecified atom stereocenters. The van der Waals surface area contributed by atoms with Crippen molar-refractivity contribution in [3.63, 3.8) is 0 Å². The van der Waals surface area contributed by atoms with Crippen LogP contribution in [0.3, 0.4) is 0 Å². The number of hydrogen-bond donors (Lipinski definition) is 0. The number of thioether (sulfide) groups is 1. The molecule has 0 atom stereocenters. The average molecular weight is 313 g/mol. The summed E-state index contributed by atoms with van der Waals surface area (Å²) in [5, 5.41) is 0. The lowest BCUT2D eigenvalue weighted by Gasteiger charge is -2.28. The lowest BCUT2D eigenvalue weighted by molar-refractivity contribution is 0.0712. The van der Waals surface area contributed by atoms with Crippen LogP contribution in [0, 0.1) is 0 Å². The molecule has 7 heteroatoms. The molecule has 0 saturated carbocycles. The van der Waals surface area contributed by atoms with E-state index in [4.69, 9.17) is 30.2 Å². The number of methoxy groups -OCH3 is 1. The summed E-state index contributed by atoms with van der Waals surface area (Å²) in [6.07, 6.45) is 0.945. The predicted molar refractivity (Wildman–Crippen MR) is 82.1 cm³/mol. The Balaban J connectivity index is 4.16. The Labute approximate surface area is 121 Å². The van der Waals surface area contributed by atoms with Gasteiger partial charge in [-0.05, 0) is 39.4 Å². The highest BCUT2D eigenvalue weighted by Gasteiger charge is 2.39. The molecule has 0 heterocycles. The second kappa shape index (κ2) is 11.2. The van der Waals surface area contributed by atoms with E-state index in [2.05, 4.69) is 0 Å². The van der Waals surface area contributed by atoms with E-state index >= 15 is 0 Å². The van der Waals surface area contributed by atoms with Crippen LogP contribution in [0.5, 0.6) is 0 Å². The van der Waals surface area contributed by atoms with Crippen LogP contribution in [0.25, 0.3) is 0 Å². The first-order valence-corrected chi connectivity index (χ1v) is 9.59. The van der Waals surface area contributed by atoms with Crippen LogP contribution in [-0.4, -0.2) is 45.9 Å². The largest absolute Gasteiger partial charge is 0.500 e. The second-order valence-electron chi connectivity index (χ2n) is 3.39. The quantitative estimate of drug-likeness (QED) is 0.350. The van der Waals surface area contributed by atoms with Crippen LogP contribution in [0.15, 0.2) is 0 Å². The number of thiocarbonyl (C=S) groups is 1. The van der Waals surface area contributed by atoms with Crippen molar-refractivity contribution in [1.29, 1.82) is 0 Å². The van der Waals surface area contributed by atoms with E-state index in [9.17, 15) is 0 Å². The van der Waals surface area contributed by atoms with E-state index in [0.29, 0.717) is 24.2 Å². The second-order valence-corrected chi connectivity index (χ2v) is 7.82. The van der Waals surface area contributed by atoms with Gasteiger partial charge in [-0.3, -0.25) is 0 Å². The first-order valence-electron chi connectivity index (χ1n) is 6.26. The van der Waals surface area contributed by atoms with E-state index in [1.165, 1.54) is 11.8 Å². The standard InChI is InChI=1S/C11H24O4S2Si/c1-5-13-18(14-6-2,15-7-3)10-8-9-17-11(16)12-4/h5-10H2,1-4H3. The van der Waals surface area contributed by atoms with Crippen LogP contribution in [0.4, 0.5) is 0 Å². The fourth-order valence-electron chi connectivity index (χ4n) is 1.50. The summed E-state index contributed by atoms with van der Waals surface area (Å²) in [7, 11) is -0.883. The molecule has 0 N–H and O–H groups in total. The first-order chi connectivity index (χ1) is 8.64. The van der Waals surface area contributed by atoms with Crippen LogP contribution >= 0.6 is 24.0 Å². The van der Waals surface area contributed by atoms with Gasteiger partial charge in [-0.25, -0.2) is 0 Å². The van der Waals surface area contributed by atoms with Gasteiger partial charge in [-0.15, -0.1) is 0 Å². The molecule has 108 valence electrons. The molecule has 0 amide bonds. The summed E-state index contributed by atoms with van der Waals surface area (Å²) in [6.45, 7) is 7.76. The molecule has 0 aromatic rings. The summed E-state index contributed by atoms with van der Waals surface area (Å²) in [6, 6.07) is 0.821. The summed E-state index contributed by atoms with van der Waals surface area (Å²) in [5.41, 5.74) is 0. The van der Waals surface area contributed by atoms with Crippen molar-refractivity contribution in [3.8, 4) is 0 Å². The Bertz CT molecular complexity index is 212. The normalized spacial score (nSPS) is 11.6. The van der Waals surface area contributed by atoms with Gasteiger partial charge in [0, 0.05) is 31.6 Å². The Morgan fingerprint density at radius 1 is 1.06 bits per heavy atom. The highest BCUT2D eigenvalue weighted by atomic mass is 32.2. The molecule has 0 aromatic heterocycles. The van der Waals surface area contributed by atoms with Crippen LogP contribution in [-0.2, 0) is 18.0 Å². The summed E-state index contributed by atoms with van der Waals surface area (Å²) < 4.78 is 22.8. The van der Waals surface area contributed by atoms with Gasteiger partial charge in [0.2, 0.25) is 4.38 Å². The van der Waals surface area contributed by atoms with E-state index in [0.717, 1.165) is 18.2 Å². The van der Waals surface area contributed by atoms with Crippen molar-refractivity contribution < 1.29 is 18.0 Å². The van der Waals surface area contributed by atoms with Crippen molar-refractivity contribution in [2.45, 2.75) is 33.2 Å². The van der Waals surface area contributed by atoms with E-state index in [-0.39, 0.29) is 0 Å². The zero-order valence-electron chi connectivity index (χ0n) is 11.7. The molecule has 18 heavy (non-hydrogen) atoms. The topological polar surface area (TPSA) is 36.9 Å². The lowest BCUT2D eigenvalue weighted by atomic mass is 10.6. The van der Waals surface area contributed by atoms with Crippen LogP contribution in [0.1, 0.15) is 27.2 Å². The summed E-state index contributed by atoms with van der Waals surface area (Å²) in [4.78, 5) is 0. The van der Waals surface area contributed by atoms with E-state index in [1.54, 1.807) is 7.11 Å². The van der Waals surface area contributed by atoms with Gasteiger partial charge in [0.05, 0.1) is 7.11 Å². The fraction of sp³-hybridized carbons (Fsp3) is 0.909. The zero-order chi connectivity index (χ0) is 13.9. The SMILES string of the molecule is CCO[Si](CCCSC(=S)OC)(OCC)OCC. The number of hydrogen-bond acceptors (Lipinski definition) is 6. The lowest BCUT2D eigenvalue weighted by Crippen LogP contribution is -2.46. The minimum Gasteiger partial charge on any atom is -0.482 e. The molecular formula is C11H24O4S2Si. The molecule has 4 nitrogen and oxygen atoms in total. The maximum Gasteiger partial charge on any atom is 0.500 e. The monoisotopic (exact) mass is 312 g/mol. The molecule has 0 bridgehead atoms. The van der Waals surface area contributed by atoms with Gasteiger partial charge in [0.15, 0.2) is 0 Å². The average Bonchev–Trinajstić information content (AvgIpc) is 2.35. The van der Waals surface area contributed by atoms with Crippen molar-refractivity contribution >= 4 is 37.2 Å². The van der Waals surface area contributed by atoms with Crippen molar-refractivity contribution in [2.75, 3.05) is 32.7 Å². The van der Waals surface area contributed by atoms with Crippen LogP contribution in [0.2, 0.25) is 6.04 Å². The van der Waals surface area contributed by atoms with Crippen molar-refractivity contribution in [2.24, 2.45) is 0 Å². The van der Waals surface area contributed by atoms with E-state index in [1.807, 2.05) is 20.8 Å². The third-order valence-corrected chi connectivity index (χ3v) is 6.67. The minimum atomic E-state index is -2.48. The summed E-state index contributed by atoms with van der Waals surface area (Å²) in [5.74, 6) is 0.897. The maximum absolute atomic E-state index is 5.76. The third kappa shape index (κ3) is 7.70. The molecule has 0 rings (SSSR count). The molecule has 0 spiro atoms. The molecule has 0 aromatic carbocycles. The molecule has 0 fully saturated rings. The van der Waals surface area contributed by atoms with Crippen LogP contribution < -0.4 is 0 Å². The van der Waals surface area contributed by atoms with Gasteiger partial charge < -0.3 is 18.0 Å². The van der Waals surface area contributed by atoms with Crippen molar-refractivity contribution in [1.82, 2.24) is 0 Å². The van der Waals surface area contributed by atoms with Gasteiger partial charge in [-0.1, -0.05) is 11.8 Å². The minimum absolute atomic E-state index is 0.575. The van der Waals surface area contributed by atoms with Gasteiger partial charge in [0.1, 0.15) is 0 Å². The smallest absolute Gasteiger partial charge is 0.482 e. The number of ether oxygens (including phenoxy) is 1. The van der Waals surface area contributed by atoms with Crippen molar-refractivity contribution in [3.05, 3.63) is 0 Å². The molecule has 0 aliphatic rings. The third-order valence-electron chi connectivity index (χ3n) is 2.11. The first kappa shape index (κ1) is 18.3.